The Balaban J connectivity index is 1.45. The third-order valence-corrected chi connectivity index (χ3v) is 5.94. The van der Waals surface area contributed by atoms with Crippen LogP contribution in [0.25, 0.3) is 0 Å². The highest BCUT2D eigenvalue weighted by Crippen LogP contribution is 2.41. The second kappa shape index (κ2) is 6.26. The number of hydrogen-bond acceptors (Lipinski definition) is 4. The summed E-state index contributed by atoms with van der Waals surface area (Å²) in [5, 5.41) is 1.77. The minimum atomic E-state index is -0.393. The minimum absolute atomic E-state index is 0.0527. The monoisotopic (exact) mass is 355 g/mol. The number of nitrogens with zero attached hydrogens (tertiary/aromatic N) is 3. The lowest BCUT2D eigenvalue weighted by Gasteiger charge is -2.23. The maximum Gasteiger partial charge on any atom is 0.273 e. The highest BCUT2D eigenvalue weighted by Gasteiger charge is 2.51. The standard InChI is InChI=1S/C19H21N3O2S/c1-14-3-2-4-15(9-14)10-21-7-5-19(18(21)24)6-8-22(12-19)17(23)16-11-25-13-20-16/h2-4,9,11,13H,5-8,10,12H2,1H3/t19-/m0/s1. The van der Waals surface area contributed by atoms with Gasteiger partial charge in [-0.05, 0) is 25.3 Å². The van der Waals surface area contributed by atoms with E-state index in [1.54, 1.807) is 15.8 Å². The molecule has 2 aliphatic rings. The van der Waals surface area contributed by atoms with E-state index in [9.17, 15) is 9.59 Å². The molecular formula is C19H21N3O2S. The second-order valence-corrected chi connectivity index (χ2v) is 7.82. The number of amides is 2. The summed E-state index contributed by atoms with van der Waals surface area (Å²) in [7, 11) is 0. The number of likely N-dealkylation sites (tertiary alicyclic amines) is 2. The molecule has 2 aliphatic heterocycles. The Morgan fingerprint density at radius 1 is 1.32 bits per heavy atom. The Labute approximate surface area is 151 Å². The zero-order valence-electron chi connectivity index (χ0n) is 14.3. The van der Waals surface area contributed by atoms with Crippen molar-refractivity contribution in [2.75, 3.05) is 19.6 Å². The van der Waals surface area contributed by atoms with Crippen molar-refractivity contribution in [2.24, 2.45) is 5.41 Å². The van der Waals surface area contributed by atoms with Gasteiger partial charge in [0.05, 0.1) is 10.9 Å². The molecule has 25 heavy (non-hydrogen) atoms. The van der Waals surface area contributed by atoms with Crippen molar-refractivity contribution in [1.82, 2.24) is 14.8 Å². The molecule has 0 unspecified atom stereocenters. The van der Waals surface area contributed by atoms with E-state index >= 15 is 0 Å². The Hall–Kier alpha value is -2.21. The molecular weight excluding hydrogens is 334 g/mol. The van der Waals surface area contributed by atoms with Gasteiger partial charge in [0, 0.05) is 31.6 Å². The van der Waals surface area contributed by atoms with Gasteiger partial charge < -0.3 is 9.80 Å². The van der Waals surface area contributed by atoms with E-state index in [0.29, 0.717) is 25.3 Å². The van der Waals surface area contributed by atoms with Gasteiger partial charge in [0.1, 0.15) is 5.69 Å². The van der Waals surface area contributed by atoms with Crippen LogP contribution in [0.1, 0.15) is 34.5 Å². The molecule has 1 aromatic carbocycles. The van der Waals surface area contributed by atoms with E-state index in [2.05, 4.69) is 30.1 Å². The lowest BCUT2D eigenvalue weighted by Crippen LogP contribution is -2.38. The van der Waals surface area contributed by atoms with Crippen LogP contribution in [0.15, 0.2) is 35.2 Å². The summed E-state index contributed by atoms with van der Waals surface area (Å²) in [6.45, 7) is 4.65. The predicted octanol–water partition coefficient (Wildman–Crippen LogP) is 2.72. The van der Waals surface area contributed by atoms with Crippen LogP contribution in [0.3, 0.4) is 0 Å². The van der Waals surface area contributed by atoms with Crippen LogP contribution >= 0.6 is 11.3 Å². The molecule has 1 spiro atoms. The zero-order valence-corrected chi connectivity index (χ0v) is 15.1. The van der Waals surface area contributed by atoms with E-state index in [0.717, 1.165) is 19.4 Å². The number of thiazole rings is 1. The fraction of sp³-hybridized carbons (Fsp3) is 0.421. The van der Waals surface area contributed by atoms with Gasteiger partial charge in [-0.1, -0.05) is 29.8 Å². The summed E-state index contributed by atoms with van der Waals surface area (Å²) in [5.41, 5.74) is 4.14. The van der Waals surface area contributed by atoms with Crippen LogP contribution in [0, 0.1) is 12.3 Å². The van der Waals surface area contributed by atoms with Crippen molar-refractivity contribution in [3.05, 3.63) is 52.0 Å². The predicted molar refractivity (Wildman–Crippen MR) is 96.3 cm³/mol. The molecule has 0 radical (unpaired) electrons. The third-order valence-electron chi connectivity index (χ3n) is 5.35. The van der Waals surface area contributed by atoms with E-state index in [1.807, 2.05) is 11.0 Å². The van der Waals surface area contributed by atoms with Crippen molar-refractivity contribution in [3.63, 3.8) is 0 Å². The van der Waals surface area contributed by atoms with Crippen molar-refractivity contribution in [3.8, 4) is 0 Å². The number of aromatic nitrogens is 1. The summed E-state index contributed by atoms with van der Waals surface area (Å²) in [4.78, 5) is 33.4. The maximum atomic E-state index is 13.0. The molecule has 1 atom stereocenters. The molecule has 6 heteroatoms. The van der Waals surface area contributed by atoms with Crippen LogP contribution in [-0.2, 0) is 11.3 Å². The summed E-state index contributed by atoms with van der Waals surface area (Å²) >= 11 is 1.42. The van der Waals surface area contributed by atoms with Gasteiger partial charge in [0.15, 0.2) is 0 Å². The molecule has 130 valence electrons. The summed E-state index contributed by atoms with van der Waals surface area (Å²) in [6.07, 6.45) is 1.59. The molecule has 2 amide bonds. The van der Waals surface area contributed by atoms with Gasteiger partial charge >= 0.3 is 0 Å². The summed E-state index contributed by atoms with van der Waals surface area (Å²) in [6, 6.07) is 8.30. The van der Waals surface area contributed by atoms with Gasteiger partial charge in [-0.25, -0.2) is 4.98 Å². The van der Waals surface area contributed by atoms with E-state index in [-0.39, 0.29) is 11.8 Å². The van der Waals surface area contributed by atoms with E-state index < -0.39 is 5.41 Å². The first-order valence-electron chi connectivity index (χ1n) is 8.60. The van der Waals surface area contributed by atoms with Gasteiger partial charge in [0.2, 0.25) is 5.91 Å². The Bertz CT molecular complexity index is 805. The highest BCUT2D eigenvalue weighted by molar-refractivity contribution is 7.07. The second-order valence-electron chi connectivity index (χ2n) is 7.10. The van der Waals surface area contributed by atoms with Crippen molar-refractivity contribution < 1.29 is 9.59 Å². The van der Waals surface area contributed by atoms with E-state index in [4.69, 9.17) is 0 Å². The van der Waals surface area contributed by atoms with Gasteiger partial charge in [-0.15, -0.1) is 11.3 Å². The number of benzene rings is 1. The van der Waals surface area contributed by atoms with Crippen LogP contribution < -0.4 is 0 Å². The smallest absolute Gasteiger partial charge is 0.273 e. The Kier molecular flexibility index (Phi) is 4.07. The fourth-order valence-electron chi connectivity index (χ4n) is 3.98. The average Bonchev–Trinajstić information content (AvgIpc) is 3.33. The van der Waals surface area contributed by atoms with Crippen LogP contribution in [0.4, 0.5) is 0 Å². The lowest BCUT2D eigenvalue weighted by molar-refractivity contribution is -0.135. The SMILES string of the molecule is Cc1cccc(CN2CC[C@@]3(CCN(C(=O)c4cscn4)C3)C2=O)c1. The van der Waals surface area contributed by atoms with Crippen molar-refractivity contribution >= 4 is 23.2 Å². The molecule has 5 nitrogen and oxygen atoms in total. The third kappa shape index (κ3) is 2.95. The van der Waals surface area contributed by atoms with Crippen LogP contribution in [0.2, 0.25) is 0 Å². The maximum absolute atomic E-state index is 13.0. The van der Waals surface area contributed by atoms with Crippen LogP contribution in [-0.4, -0.2) is 46.2 Å². The Morgan fingerprint density at radius 2 is 2.16 bits per heavy atom. The molecule has 2 saturated heterocycles. The first-order chi connectivity index (χ1) is 12.1. The highest BCUT2D eigenvalue weighted by atomic mass is 32.1. The number of hydrogen-bond donors (Lipinski definition) is 0. The number of carbonyl (C=O) groups is 2. The molecule has 4 rings (SSSR count). The van der Waals surface area contributed by atoms with Crippen molar-refractivity contribution in [1.29, 1.82) is 0 Å². The average molecular weight is 355 g/mol. The summed E-state index contributed by atoms with van der Waals surface area (Å²) in [5.74, 6) is 0.144. The topological polar surface area (TPSA) is 53.5 Å². The van der Waals surface area contributed by atoms with Gasteiger partial charge in [-0.2, -0.15) is 0 Å². The quantitative estimate of drug-likeness (QED) is 0.851. The lowest BCUT2D eigenvalue weighted by atomic mass is 9.85. The van der Waals surface area contributed by atoms with Gasteiger partial charge in [-0.3, -0.25) is 9.59 Å². The van der Waals surface area contributed by atoms with Crippen molar-refractivity contribution in [2.45, 2.75) is 26.3 Å². The number of carbonyl (C=O) groups excluding carboxylic acids is 2. The molecule has 1 aromatic heterocycles. The molecule has 0 bridgehead atoms. The molecule has 2 fully saturated rings. The van der Waals surface area contributed by atoms with E-state index in [1.165, 1.54) is 22.5 Å². The first kappa shape index (κ1) is 16.3. The Morgan fingerprint density at radius 3 is 2.92 bits per heavy atom. The number of aryl methyl sites for hydroxylation is 1. The summed E-state index contributed by atoms with van der Waals surface area (Å²) < 4.78 is 0. The molecule has 0 N–H and O–H groups in total. The van der Waals surface area contributed by atoms with Crippen LogP contribution in [0.5, 0.6) is 0 Å². The number of rotatable bonds is 3. The zero-order chi connectivity index (χ0) is 17.4. The molecule has 0 saturated carbocycles. The first-order valence-corrected chi connectivity index (χ1v) is 9.54. The largest absolute Gasteiger partial charge is 0.338 e. The molecule has 2 aromatic rings. The molecule has 3 heterocycles. The normalized spacial score (nSPS) is 23.0. The molecule has 0 aliphatic carbocycles. The minimum Gasteiger partial charge on any atom is -0.338 e. The fourth-order valence-corrected chi connectivity index (χ4v) is 4.51. The van der Waals surface area contributed by atoms with Gasteiger partial charge in [0.25, 0.3) is 5.91 Å².